The fourth-order valence-corrected chi connectivity index (χ4v) is 7.48. The van der Waals surface area contributed by atoms with Gasteiger partial charge in [-0.2, -0.15) is 0 Å². The van der Waals surface area contributed by atoms with Gasteiger partial charge in [-0.15, -0.1) is 0 Å². The van der Waals surface area contributed by atoms with Crippen molar-refractivity contribution in [2.75, 3.05) is 0 Å². The van der Waals surface area contributed by atoms with Crippen LogP contribution in [0.1, 0.15) is 229 Å². The fourth-order valence-electron chi connectivity index (χ4n) is 7.48. The Bertz CT molecular complexity index is 974. The van der Waals surface area contributed by atoms with Crippen LogP contribution >= 0.6 is 0 Å². The van der Waals surface area contributed by atoms with E-state index in [0.717, 1.165) is 38.5 Å². The Morgan fingerprint density at radius 2 is 0.642 bits per heavy atom. The molecule has 2 aromatic carbocycles. The Morgan fingerprint density at radius 3 is 0.906 bits per heavy atom. The largest absolute Gasteiger partial charge is 2.00 e. The van der Waals surface area contributed by atoms with Gasteiger partial charge in [0, 0.05) is 11.9 Å². The van der Waals surface area contributed by atoms with Crippen LogP contribution in [0.2, 0.25) is 0 Å². The van der Waals surface area contributed by atoms with Gasteiger partial charge in [0.15, 0.2) is 0 Å². The first-order valence-corrected chi connectivity index (χ1v) is 22.0. The molecule has 0 aromatic heterocycles. The van der Waals surface area contributed by atoms with Gasteiger partial charge in [-0.1, -0.05) is 216 Å². The van der Waals surface area contributed by atoms with Crippen LogP contribution in [0.4, 0.5) is 0 Å². The molecule has 5 heteroatoms. The number of carboxylic acid groups (broad SMARTS) is 2. The first-order valence-electron chi connectivity index (χ1n) is 22.0. The Labute approximate surface area is 357 Å². The van der Waals surface area contributed by atoms with Crippen LogP contribution in [-0.2, 0) is 9.59 Å². The van der Waals surface area contributed by atoms with Crippen molar-refractivity contribution in [2.24, 2.45) is 0 Å². The van der Waals surface area contributed by atoms with Crippen molar-refractivity contribution in [1.82, 2.24) is 0 Å². The van der Waals surface area contributed by atoms with Gasteiger partial charge in [-0.3, -0.25) is 0 Å². The van der Waals surface area contributed by atoms with Crippen LogP contribution in [0.3, 0.4) is 0 Å². The molecule has 0 aliphatic carbocycles. The van der Waals surface area contributed by atoms with Crippen LogP contribution < -0.4 is 10.2 Å². The van der Waals surface area contributed by atoms with Gasteiger partial charge < -0.3 is 19.8 Å². The topological polar surface area (TPSA) is 80.3 Å². The molecule has 0 spiro atoms. The van der Waals surface area contributed by atoms with Crippen LogP contribution in [0.25, 0.3) is 0 Å². The van der Waals surface area contributed by atoms with Gasteiger partial charge in [0.05, 0.1) is 0 Å². The summed E-state index contributed by atoms with van der Waals surface area (Å²) in [6.07, 6.45) is 35.9. The van der Waals surface area contributed by atoms with E-state index < -0.39 is 11.9 Å². The second kappa shape index (κ2) is 38.9. The molecule has 0 saturated carbocycles. The summed E-state index contributed by atoms with van der Waals surface area (Å²) in [5, 5.41) is 21.1. The zero-order valence-corrected chi connectivity index (χ0v) is 36.7. The Hall–Kier alpha value is -1.36. The third-order valence-corrected chi connectivity index (χ3v) is 10.7. The minimum Gasteiger partial charge on any atom is -0.550 e. The number of carbonyl (C=O) groups excluding carboxylic acids is 2. The average Bonchev–Trinajstić information content (AvgIpc) is 3.15. The normalized spacial score (nSPS) is 12.0. The fraction of sp³-hybridized carbons (Fsp3) is 0.708. The number of rotatable bonds is 34. The van der Waals surface area contributed by atoms with Crippen LogP contribution in [0, 0.1) is 0 Å². The molecule has 0 bridgehead atoms. The van der Waals surface area contributed by atoms with Crippen molar-refractivity contribution < 1.29 is 19.8 Å². The Balaban J connectivity index is 0.00000100. The molecule has 0 radical (unpaired) electrons. The summed E-state index contributed by atoms with van der Waals surface area (Å²) in [4.78, 5) is 21.1. The minimum absolute atomic E-state index is 0. The van der Waals surface area contributed by atoms with Crippen molar-refractivity contribution >= 4 is 49.7 Å². The molecular weight excluding hydrogens is 681 g/mol. The van der Waals surface area contributed by atoms with Gasteiger partial charge in [0.1, 0.15) is 0 Å². The van der Waals surface area contributed by atoms with Crippen molar-refractivity contribution in [3.63, 3.8) is 0 Å². The third-order valence-electron chi connectivity index (χ3n) is 10.7. The summed E-state index contributed by atoms with van der Waals surface area (Å²) in [5.74, 6) is -0.689. The van der Waals surface area contributed by atoms with Gasteiger partial charge in [0.25, 0.3) is 0 Å². The van der Waals surface area contributed by atoms with E-state index in [1.54, 1.807) is 0 Å². The predicted molar refractivity (Wildman–Crippen MR) is 224 cm³/mol. The number of hydrogen-bond acceptors (Lipinski definition) is 4. The molecule has 0 aliphatic heterocycles. The zero-order chi connectivity index (χ0) is 37.7. The maximum atomic E-state index is 10.6. The van der Waals surface area contributed by atoms with Gasteiger partial charge in [-0.25, -0.2) is 0 Å². The number of unbranched alkanes of at least 4 members (excludes halogenated alkanes) is 20. The van der Waals surface area contributed by atoms with E-state index in [1.807, 2.05) is 0 Å². The summed E-state index contributed by atoms with van der Waals surface area (Å²) >= 11 is 0. The average molecular weight is 759 g/mol. The van der Waals surface area contributed by atoms with E-state index >= 15 is 0 Å². The van der Waals surface area contributed by atoms with Crippen LogP contribution in [0.5, 0.6) is 0 Å². The van der Waals surface area contributed by atoms with Crippen LogP contribution in [0.15, 0.2) is 60.7 Å². The second-order valence-electron chi connectivity index (χ2n) is 15.4. The van der Waals surface area contributed by atoms with Crippen molar-refractivity contribution in [3.8, 4) is 0 Å². The Morgan fingerprint density at radius 1 is 0.396 bits per heavy atom. The number of carbonyl (C=O) groups is 2. The van der Waals surface area contributed by atoms with E-state index in [2.05, 4.69) is 74.5 Å². The minimum atomic E-state index is -0.920. The summed E-state index contributed by atoms with van der Waals surface area (Å²) < 4.78 is 0. The SMILES string of the molecule is CCCCCCCCCCCCC(CCCCC(=O)[O-])c1ccccc1.CCCCCCCCCCCCC(CCCCC(=O)[O-])c1ccccc1.[Ca+2]. The molecule has 53 heavy (non-hydrogen) atoms. The van der Waals surface area contributed by atoms with Gasteiger partial charge in [0.2, 0.25) is 0 Å². The molecule has 4 nitrogen and oxygen atoms in total. The smallest absolute Gasteiger partial charge is 0.550 e. The predicted octanol–water partition coefficient (Wildman–Crippen LogP) is 12.4. The molecule has 2 rings (SSSR count). The molecule has 0 fully saturated rings. The standard InChI is InChI=1S/2C24H40O2.Ca/c2*1-2-3-4-5-6-7-8-9-10-12-17-23(20-15-16-21-24(25)26)22-18-13-11-14-19-22;/h2*11,13-14,18-19,23H,2-10,12,15-17,20-21H2,1H3,(H,25,26);/q;;+2/p-2. The molecule has 2 aromatic rings. The summed E-state index contributed by atoms with van der Waals surface area (Å²) in [6, 6.07) is 21.5. The summed E-state index contributed by atoms with van der Waals surface area (Å²) in [6.45, 7) is 4.54. The Kier molecular flexibility index (Phi) is 37.9. The van der Waals surface area contributed by atoms with Crippen molar-refractivity contribution in [2.45, 2.75) is 218 Å². The number of hydrogen-bond donors (Lipinski definition) is 0. The molecule has 0 amide bonds. The van der Waals surface area contributed by atoms with E-state index in [0.29, 0.717) is 11.8 Å². The number of carboxylic acids is 2. The molecule has 0 heterocycles. The summed E-state index contributed by atoms with van der Waals surface area (Å²) in [7, 11) is 0. The van der Waals surface area contributed by atoms with Gasteiger partial charge >= 0.3 is 37.7 Å². The van der Waals surface area contributed by atoms with Crippen LogP contribution in [-0.4, -0.2) is 49.7 Å². The van der Waals surface area contributed by atoms with Crippen molar-refractivity contribution in [1.29, 1.82) is 0 Å². The quantitative estimate of drug-likeness (QED) is 0.0526. The maximum Gasteiger partial charge on any atom is 2.00 e. The molecule has 0 N–H and O–H groups in total. The molecule has 2 unspecified atom stereocenters. The molecule has 0 saturated heterocycles. The zero-order valence-electron chi connectivity index (χ0n) is 34.5. The third kappa shape index (κ3) is 32.6. The monoisotopic (exact) mass is 759 g/mol. The van der Waals surface area contributed by atoms with E-state index in [4.69, 9.17) is 0 Å². The number of aliphatic carboxylic acids is 2. The molecule has 0 aliphatic rings. The summed E-state index contributed by atoms with van der Waals surface area (Å²) in [5.41, 5.74) is 2.83. The molecular formula is C48H78CaO4. The second-order valence-corrected chi connectivity index (χ2v) is 15.4. The first kappa shape index (κ1) is 51.6. The maximum absolute atomic E-state index is 10.6. The number of benzene rings is 2. The van der Waals surface area contributed by atoms with E-state index in [1.165, 1.54) is 152 Å². The first-order chi connectivity index (χ1) is 25.5. The van der Waals surface area contributed by atoms with Gasteiger partial charge in [-0.05, 0) is 74.3 Å². The molecule has 2 atom stereocenters. The van der Waals surface area contributed by atoms with E-state index in [9.17, 15) is 19.8 Å². The van der Waals surface area contributed by atoms with Crippen molar-refractivity contribution in [3.05, 3.63) is 71.8 Å². The van der Waals surface area contributed by atoms with E-state index in [-0.39, 0.29) is 50.6 Å². The molecule has 296 valence electrons.